The van der Waals surface area contributed by atoms with Gasteiger partial charge in [0, 0.05) is 53.5 Å². The Kier molecular flexibility index (Phi) is 16.7. The molecule has 0 fully saturated rings. The summed E-state index contributed by atoms with van der Waals surface area (Å²) in [5.41, 5.74) is 1.53. The zero-order chi connectivity index (χ0) is 55.6. The van der Waals surface area contributed by atoms with Crippen LogP contribution in [0.15, 0.2) is 174 Å². The Morgan fingerprint density at radius 2 is 0.846 bits per heavy atom. The summed E-state index contributed by atoms with van der Waals surface area (Å²) in [4.78, 5) is 8.07. The van der Waals surface area contributed by atoms with E-state index in [9.17, 15) is 30.0 Å². The number of rotatable bonds is 19. The van der Waals surface area contributed by atoms with Gasteiger partial charge in [-0.15, -0.1) is 13.2 Å². The van der Waals surface area contributed by atoms with Crippen LogP contribution in [0.1, 0.15) is 0 Å². The predicted octanol–water partition coefficient (Wildman–Crippen LogP) is 12.4. The van der Waals surface area contributed by atoms with Crippen molar-refractivity contribution in [1.29, 1.82) is 0 Å². The number of para-hydroxylation sites is 2. The van der Waals surface area contributed by atoms with Crippen molar-refractivity contribution in [2.45, 2.75) is 16.2 Å². The van der Waals surface area contributed by atoms with Gasteiger partial charge in [-0.25, -0.2) is 16.8 Å². The van der Waals surface area contributed by atoms with Crippen LogP contribution in [0, 0.1) is 0 Å². The van der Waals surface area contributed by atoms with Crippen LogP contribution >= 0.6 is 0 Å². The number of nitrogens with one attached hydrogen (secondary N) is 2. The summed E-state index contributed by atoms with van der Waals surface area (Å²) in [6, 6.07) is 39.0. The highest BCUT2D eigenvalue weighted by molar-refractivity contribution is 7.93. The zero-order valence-corrected chi connectivity index (χ0v) is 43.8. The van der Waals surface area contributed by atoms with Gasteiger partial charge in [0.05, 0.1) is 70.0 Å². The minimum Gasteiger partial charge on any atom is -0.493 e. The van der Waals surface area contributed by atoms with Crippen LogP contribution < -0.4 is 56.8 Å². The molecule has 9 rings (SSSR count). The minimum absolute atomic E-state index is 0.0157. The van der Waals surface area contributed by atoms with Crippen LogP contribution in [0.5, 0.6) is 74.7 Å². The Bertz CT molecular complexity index is 3840. The third-order valence-corrected chi connectivity index (χ3v) is 13.9. The topological polar surface area (TPSA) is 210 Å². The smallest absolute Gasteiger partial charge is 0.493 e. The normalized spacial score (nSPS) is 11.3. The maximum absolute atomic E-state index is 13.2. The average molecular weight is 1110 g/mol. The fourth-order valence-electron chi connectivity index (χ4n) is 7.58. The standard InChI is InChI=1S/C30H26N2O7S.C25H21F3N2O7S/c1-35-28-16-20(32-40(33,34)23-11-7-10-22(17-23)38-21-8-5-4-6-9-21)12-13-27(28)39-26-14-15-31-25-19-30(37-3)29(36-2)18-24(25)26;1-33-21-12-15(30-38(31,32)24-7-5-4-6-20(24)37-25(26,27)28)8-9-19(21)36-18-10-11-29-17-14-23(35-3)22(34-2)13-16(17)18/h4-19,32H,1-3H3;4-14,30H,1-3H3. The van der Waals surface area contributed by atoms with E-state index in [4.69, 9.17) is 42.6 Å². The summed E-state index contributed by atoms with van der Waals surface area (Å²) in [5, 5.41) is 1.31. The first kappa shape index (κ1) is 54.9. The molecule has 2 N–H and O–H groups in total. The maximum Gasteiger partial charge on any atom is 0.573 e. The number of benzene rings is 7. The van der Waals surface area contributed by atoms with Gasteiger partial charge in [0.25, 0.3) is 20.0 Å². The highest BCUT2D eigenvalue weighted by Gasteiger charge is 2.34. The number of methoxy groups -OCH3 is 6. The Morgan fingerprint density at radius 3 is 1.35 bits per heavy atom. The van der Waals surface area contributed by atoms with Crippen molar-refractivity contribution < 1.29 is 77.4 Å². The van der Waals surface area contributed by atoms with Crippen molar-refractivity contribution in [2.75, 3.05) is 52.1 Å². The second-order valence-electron chi connectivity index (χ2n) is 16.1. The SMILES string of the molecule is COc1cc2nccc(Oc3ccc(NS(=O)(=O)c4cccc(Oc5ccccc5)c4)cc3OC)c2cc1OC.COc1cc2nccc(Oc3ccc(NS(=O)(=O)c4ccccc4OC(F)(F)F)cc3OC)c2cc1OC. The van der Waals surface area contributed by atoms with E-state index >= 15 is 0 Å². The van der Waals surface area contributed by atoms with Gasteiger partial charge < -0.3 is 47.4 Å². The molecule has 0 saturated carbocycles. The van der Waals surface area contributed by atoms with Crippen LogP contribution in [-0.4, -0.2) is 75.8 Å². The molecule has 18 nitrogen and oxygen atoms in total. The van der Waals surface area contributed by atoms with Crippen LogP contribution in [0.2, 0.25) is 0 Å². The van der Waals surface area contributed by atoms with Crippen molar-refractivity contribution in [3.63, 3.8) is 0 Å². The number of ether oxygens (including phenoxy) is 10. The number of anilines is 2. The quantitative estimate of drug-likeness (QED) is 0.0771. The van der Waals surface area contributed by atoms with Crippen molar-refractivity contribution in [3.8, 4) is 74.7 Å². The second kappa shape index (κ2) is 23.7. The van der Waals surface area contributed by atoms with Gasteiger partial charge in [-0.1, -0.05) is 36.4 Å². The lowest BCUT2D eigenvalue weighted by Gasteiger charge is -2.16. The highest BCUT2D eigenvalue weighted by Crippen LogP contribution is 2.42. The first-order chi connectivity index (χ1) is 37.4. The summed E-state index contributed by atoms with van der Waals surface area (Å²) < 4.78 is 149. The fraction of sp³-hybridized carbons (Fsp3) is 0.127. The predicted molar refractivity (Wildman–Crippen MR) is 284 cm³/mol. The first-order valence-corrected chi connectivity index (χ1v) is 25.9. The first-order valence-electron chi connectivity index (χ1n) is 22.9. The molecule has 2 aromatic heterocycles. The second-order valence-corrected chi connectivity index (χ2v) is 19.4. The van der Waals surface area contributed by atoms with E-state index in [0.717, 1.165) is 12.1 Å². The largest absolute Gasteiger partial charge is 0.573 e. The molecule has 0 spiro atoms. The van der Waals surface area contributed by atoms with Gasteiger partial charge in [0.2, 0.25) is 0 Å². The molecule has 0 bridgehead atoms. The van der Waals surface area contributed by atoms with Crippen LogP contribution in [-0.2, 0) is 20.0 Å². The molecule has 0 aliphatic heterocycles. The molecular weight excluding hydrogens is 1060 g/mol. The van der Waals surface area contributed by atoms with E-state index in [-0.39, 0.29) is 22.1 Å². The van der Waals surface area contributed by atoms with Crippen LogP contribution in [0.4, 0.5) is 24.5 Å². The lowest BCUT2D eigenvalue weighted by Crippen LogP contribution is -2.20. The summed E-state index contributed by atoms with van der Waals surface area (Å²) >= 11 is 0. The molecule has 78 heavy (non-hydrogen) atoms. The van der Waals surface area contributed by atoms with Gasteiger partial charge >= 0.3 is 6.36 Å². The maximum atomic E-state index is 13.2. The number of sulfonamides is 2. The summed E-state index contributed by atoms with van der Waals surface area (Å²) in [7, 11) is 0.549. The zero-order valence-electron chi connectivity index (χ0n) is 42.1. The third-order valence-electron chi connectivity index (χ3n) is 11.1. The number of pyridine rings is 2. The molecule has 0 unspecified atom stereocenters. The van der Waals surface area contributed by atoms with Gasteiger partial charge in [-0.3, -0.25) is 19.4 Å². The lowest BCUT2D eigenvalue weighted by molar-refractivity contribution is -0.275. The van der Waals surface area contributed by atoms with Crippen LogP contribution in [0.25, 0.3) is 21.8 Å². The summed E-state index contributed by atoms with van der Waals surface area (Å²) in [5.74, 6) is 4.16. The molecular formula is C55H47F3N4O14S2. The summed E-state index contributed by atoms with van der Waals surface area (Å²) in [6.45, 7) is 0. The number of halogens is 3. The number of hydrogen-bond donors (Lipinski definition) is 2. The van der Waals surface area contributed by atoms with E-state index in [0.29, 0.717) is 85.0 Å². The van der Waals surface area contributed by atoms with Gasteiger partial charge in [0.15, 0.2) is 46.0 Å². The molecule has 404 valence electrons. The highest BCUT2D eigenvalue weighted by atomic mass is 32.2. The number of nitrogens with zero attached hydrogens (tertiary/aromatic N) is 2. The van der Waals surface area contributed by atoms with E-state index in [1.165, 1.54) is 70.9 Å². The van der Waals surface area contributed by atoms with Gasteiger partial charge in [0.1, 0.15) is 33.6 Å². The third kappa shape index (κ3) is 13.0. The number of fused-ring (bicyclic) bond motifs is 2. The molecule has 0 amide bonds. The summed E-state index contributed by atoms with van der Waals surface area (Å²) in [6.07, 6.45) is -1.91. The molecule has 0 atom stereocenters. The molecule has 23 heteroatoms. The lowest BCUT2D eigenvalue weighted by atomic mass is 10.1. The van der Waals surface area contributed by atoms with Gasteiger partial charge in [-0.2, -0.15) is 0 Å². The number of aromatic nitrogens is 2. The van der Waals surface area contributed by atoms with Crippen molar-refractivity contribution >= 4 is 53.2 Å². The fourth-order valence-corrected chi connectivity index (χ4v) is 9.84. The van der Waals surface area contributed by atoms with Crippen molar-refractivity contribution in [3.05, 3.63) is 164 Å². The minimum atomic E-state index is -5.07. The van der Waals surface area contributed by atoms with E-state index < -0.39 is 37.1 Å². The Hall–Kier alpha value is -9.35. The van der Waals surface area contributed by atoms with E-state index in [1.54, 1.807) is 105 Å². The van der Waals surface area contributed by atoms with Crippen molar-refractivity contribution in [1.82, 2.24) is 9.97 Å². The van der Waals surface area contributed by atoms with Gasteiger partial charge in [-0.05, 0) is 84.9 Å². The molecule has 9 aromatic rings. The molecule has 2 heterocycles. The Morgan fingerprint density at radius 1 is 0.397 bits per heavy atom. The molecule has 0 aliphatic carbocycles. The van der Waals surface area contributed by atoms with E-state index in [1.807, 2.05) is 18.2 Å². The molecule has 0 radical (unpaired) electrons. The monoisotopic (exact) mass is 1110 g/mol. The number of hydrogen-bond acceptors (Lipinski definition) is 16. The Labute approximate surface area is 445 Å². The Balaban J connectivity index is 0.000000206. The average Bonchev–Trinajstić information content (AvgIpc) is 3.44. The van der Waals surface area contributed by atoms with E-state index in [2.05, 4.69) is 24.1 Å². The van der Waals surface area contributed by atoms with Crippen LogP contribution in [0.3, 0.4) is 0 Å². The molecule has 7 aromatic carbocycles. The van der Waals surface area contributed by atoms with Crippen molar-refractivity contribution in [2.24, 2.45) is 0 Å². The molecule has 0 saturated heterocycles. The number of alkyl halides is 3. The molecule has 0 aliphatic rings.